The Labute approximate surface area is 143 Å². The summed E-state index contributed by atoms with van der Waals surface area (Å²) in [6, 6.07) is 5.08. The van der Waals surface area contributed by atoms with Gasteiger partial charge in [-0.25, -0.2) is 13.6 Å². The van der Waals surface area contributed by atoms with Crippen molar-refractivity contribution < 1.29 is 18.3 Å². The molecule has 0 spiro atoms. The van der Waals surface area contributed by atoms with Gasteiger partial charge in [0.2, 0.25) is 0 Å². The van der Waals surface area contributed by atoms with Crippen LogP contribution in [0.4, 0.5) is 13.6 Å². The molecule has 2 rings (SSSR count). The van der Waals surface area contributed by atoms with Gasteiger partial charge in [-0.05, 0) is 44.9 Å². The molecule has 1 aromatic carbocycles. The van der Waals surface area contributed by atoms with Crippen molar-refractivity contribution in [2.75, 3.05) is 6.54 Å². The molecule has 128 valence electrons. The minimum absolute atomic E-state index is 0.245. The maximum absolute atomic E-state index is 14.0. The lowest BCUT2D eigenvalue weighted by molar-refractivity contribution is -0.00942. The Morgan fingerprint density at radius 2 is 2.13 bits per heavy atom. The number of nitrogens with zero attached hydrogens (tertiary/aromatic N) is 1. The maximum atomic E-state index is 14.0. The molecule has 0 saturated carbocycles. The normalized spacial score (nSPS) is 23.9. The average Bonchev–Trinajstić information content (AvgIpc) is 2.61. The fourth-order valence-corrected chi connectivity index (χ4v) is 3.03. The summed E-state index contributed by atoms with van der Waals surface area (Å²) in [5, 5.41) is 0. The van der Waals surface area contributed by atoms with Crippen LogP contribution in [0.25, 0.3) is 0 Å². The van der Waals surface area contributed by atoms with Crippen molar-refractivity contribution in [1.82, 2.24) is 4.90 Å². The number of likely N-dealkylation sites (tertiary alicyclic amines) is 1. The number of nitrogens with two attached hydrogens (primary N) is 1. The Bertz CT molecular complexity index is 590. The van der Waals surface area contributed by atoms with Crippen LogP contribution in [0.1, 0.15) is 26.3 Å². The highest BCUT2D eigenvalue weighted by Gasteiger charge is 2.54. The van der Waals surface area contributed by atoms with Crippen molar-refractivity contribution in [3.8, 4) is 0 Å². The lowest BCUT2D eigenvalue weighted by Gasteiger charge is -2.29. The predicted octanol–water partition coefficient (Wildman–Crippen LogP) is 3.57. The number of hydrogen-bond donors (Lipinski definition) is 1. The van der Waals surface area contributed by atoms with Gasteiger partial charge in [-0.2, -0.15) is 0 Å². The van der Waals surface area contributed by atoms with Crippen LogP contribution in [0, 0.1) is 0 Å². The molecule has 2 N–H and O–H groups in total. The SMILES string of the molecule is CC(C)(C)OC(=O)N1CC(F)(F)C(N)C1Cc1cccc(Br)c1. The summed E-state index contributed by atoms with van der Waals surface area (Å²) >= 11 is 3.35. The first-order valence-corrected chi connectivity index (χ1v) is 8.16. The van der Waals surface area contributed by atoms with E-state index in [1.807, 2.05) is 24.3 Å². The maximum Gasteiger partial charge on any atom is 0.410 e. The minimum atomic E-state index is -3.13. The number of halogens is 3. The van der Waals surface area contributed by atoms with Gasteiger partial charge < -0.3 is 10.5 Å². The second kappa shape index (κ2) is 6.36. The first-order valence-electron chi connectivity index (χ1n) is 7.37. The summed E-state index contributed by atoms with van der Waals surface area (Å²) in [7, 11) is 0. The van der Waals surface area contributed by atoms with E-state index in [0.717, 1.165) is 14.9 Å². The van der Waals surface area contributed by atoms with Crippen LogP contribution < -0.4 is 5.73 Å². The van der Waals surface area contributed by atoms with Gasteiger partial charge in [-0.3, -0.25) is 4.90 Å². The number of alkyl halides is 2. The van der Waals surface area contributed by atoms with Gasteiger partial charge in [-0.1, -0.05) is 28.1 Å². The van der Waals surface area contributed by atoms with E-state index in [0.29, 0.717) is 0 Å². The topological polar surface area (TPSA) is 55.6 Å². The zero-order valence-electron chi connectivity index (χ0n) is 13.4. The first-order chi connectivity index (χ1) is 10.5. The molecule has 2 unspecified atom stereocenters. The number of ether oxygens (including phenoxy) is 1. The number of carbonyl (C=O) groups excluding carboxylic acids is 1. The zero-order valence-corrected chi connectivity index (χ0v) is 14.9. The summed E-state index contributed by atoms with van der Waals surface area (Å²) in [4.78, 5) is 13.3. The van der Waals surface area contributed by atoms with E-state index in [1.165, 1.54) is 0 Å². The van der Waals surface area contributed by atoms with E-state index < -0.39 is 36.2 Å². The van der Waals surface area contributed by atoms with E-state index in [9.17, 15) is 13.6 Å². The van der Waals surface area contributed by atoms with Crippen LogP contribution in [-0.4, -0.2) is 41.1 Å². The van der Waals surface area contributed by atoms with Crippen molar-refractivity contribution in [3.63, 3.8) is 0 Å². The highest BCUT2D eigenvalue weighted by atomic mass is 79.9. The van der Waals surface area contributed by atoms with E-state index in [2.05, 4.69) is 15.9 Å². The molecule has 1 aromatic rings. The monoisotopic (exact) mass is 390 g/mol. The Hall–Kier alpha value is -1.21. The molecule has 1 aliphatic heterocycles. The fourth-order valence-electron chi connectivity index (χ4n) is 2.59. The fraction of sp³-hybridized carbons (Fsp3) is 0.562. The molecule has 1 aliphatic rings. The van der Waals surface area contributed by atoms with E-state index in [1.54, 1.807) is 20.8 Å². The van der Waals surface area contributed by atoms with Gasteiger partial charge in [0.1, 0.15) is 5.60 Å². The highest BCUT2D eigenvalue weighted by molar-refractivity contribution is 9.10. The third-order valence-corrected chi connectivity index (χ3v) is 4.14. The molecule has 1 saturated heterocycles. The quantitative estimate of drug-likeness (QED) is 0.839. The molecule has 1 heterocycles. The Balaban J connectivity index is 2.23. The number of benzene rings is 1. The summed E-state index contributed by atoms with van der Waals surface area (Å²) in [5.74, 6) is -3.13. The van der Waals surface area contributed by atoms with E-state index >= 15 is 0 Å². The zero-order chi connectivity index (χ0) is 17.4. The molecule has 0 aliphatic carbocycles. The second-order valence-corrected chi connectivity index (χ2v) is 7.71. The summed E-state index contributed by atoms with van der Waals surface area (Å²) in [5.41, 5.74) is 5.80. The van der Waals surface area contributed by atoms with Gasteiger partial charge in [0, 0.05) is 4.47 Å². The largest absolute Gasteiger partial charge is 0.444 e. The minimum Gasteiger partial charge on any atom is -0.444 e. The Morgan fingerprint density at radius 1 is 1.48 bits per heavy atom. The van der Waals surface area contributed by atoms with Gasteiger partial charge in [0.15, 0.2) is 0 Å². The molecular weight excluding hydrogens is 370 g/mol. The van der Waals surface area contributed by atoms with Crippen LogP contribution in [0.5, 0.6) is 0 Å². The molecule has 2 atom stereocenters. The summed E-state index contributed by atoms with van der Waals surface area (Å²) in [6.07, 6.45) is -0.514. The molecule has 1 amide bonds. The van der Waals surface area contributed by atoms with Gasteiger partial charge >= 0.3 is 6.09 Å². The Kier molecular flexibility index (Phi) is 5.01. The molecule has 23 heavy (non-hydrogen) atoms. The Morgan fingerprint density at radius 3 is 2.70 bits per heavy atom. The molecule has 0 radical (unpaired) electrons. The molecule has 0 aromatic heterocycles. The van der Waals surface area contributed by atoms with Gasteiger partial charge in [0.25, 0.3) is 5.92 Å². The van der Waals surface area contributed by atoms with E-state index in [-0.39, 0.29) is 6.42 Å². The first kappa shape index (κ1) is 18.1. The smallest absolute Gasteiger partial charge is 0.410 e. The summed E-state index contributed by atoms with van der Waals surface area (Å²) in [6.45, 7) is 4.37. The number of rotatable bonds is 2. The standard InChI is InChI=1S/C16H21BrF2N2O2/c1-15(2,3)23-14(22)21-9-16(18,19)13(20)12(21)8-10-5-4-6-11(17)7-10/h4-7,12-13H,8-9,20H2,1-3H3. The van der Waals surface area contributed by atoms with Gasteiger partial charge in [0.05, 0.1) is 18.6 Å². The van der Waals surface area contributed by atoms with Crippen molar-refractivity contribution in [2.24, 2.45) is 5.73 Å². The predicted molar refractivity (Wildman–Crippen MR) is 87.5 cm³/mol. The molecule has 4 nitrogen and oxygen atoms in total. The van der Waals surface area contributed by atoms with Crippen LogP contribution in [0.2, 0.25) is 0 Å². The van der Waals surface area contributed by atoms with Crippen molar-refractivity contribution in [2.45, 2.75) is 50.8 Å². The molecule has 0 bridgehead atoms. The number of hydrogen-bond acceptors (Lipinski definition) is 3. The lowest BCUT2D eigenvalue weighted by Crippen LogP contribution is -2.47. The third-order valence-electron chi connectivity index (χ3n) is 3.65. The van der Waals surface area contributed by atoms with Crippen LogP contribution >= 0.6 is 15.9 Å². The van der Waals surface area contributed by atoms with E-state index in [4.69, 9.17) is 10.5 Å². The number of amides is 1. The van der Waals surface area contributed by atoms with Crippen LogP contribution in [0.15, 0.2) is 28.7 Å². The van der Waals surface area contributed by atoms with Crippen molar-refractivity contribution in [1.29, 1.82) is 0 Å². The molecule has 7 heteroatoms. The third kappa shape index (κ3) is 4.41. The molecular formula is C16H21BrF2N2O2. The van der Waals surface area contributed by atoms with Gasteiger partial charge in [-0.15, -0.1) is 0 Å². The van der Waals surface area contributed by atoms with Crippen LogP contribution in [-0.2, 0) is 11.2 Å². The van der Waals surface area contributed by atoms with Crippen molar-refractivity contribution in [3.05, 3.63) is 34.3 Å². The summed E-state index contributed by atoms with van der Waals surface area (Å²) < 4.78 is 34.1. The number of carbonyl (C=O) groups is 1. The second-order valence-electron chi connectivity index (χ2n) is 6.80. The average molecular weight is 391 g/mol. The van der Waals surface area contributed by atoms with Crippen LogP contribution in [0.3, 0.4) is 0 Å². The van der Waals surface area contributed by atoms with Crippen molar-refractivity contribution >= 4 is 22.0 Å². The molecule has 1 fully saturated rings. The lowest BCUT2D eigenvalue weighted by atomic mass is 9.99. The highest BCUT2D eigenvalue weighted by Crippen LogP contribution is 2.34.